The monoisotopic (exact) mass is 564 g/mol. The Labute approximate surface area is 242 Å². The lowest BCUT2D eigenvalue weighted by Gasteiger charge is -2.27. The van der Waals surface area contributed by atoms with Crippen molar-refractivity contribution in [3.8, 4) is 17.3 Å². The maximum Gasteiger partial charge on any atom is 0.254 e. The Hall–Kier alpha value is -3.85. The summed E-state index contributed by atoms with van der Waals surface area (Å²) in [7, 11) is 3.70. The van der Waals surface area contributed by atoms with Gasteiger partial charge in [0, 0.05) is 54.4 Å². The molecule has 2 aliphatic carbocycles. The molecule has 41 heavy (non-hydrogen) atoms. The summed E-state index contributed by atoms with van der Waals surface area (Å²) in [6.07, 6.45) is 9.60. The fourth-order valence-electron chi connectivity index (χ4n) is 6.78. The number of benzene rings is 1. The van der Waals surface area contributed by atoms with E-state index in [1.165, 1.54) is 19.3 Å². The van der Waals surface area contributed by atoms with Crippen LogP contribution >= 0.6 is 11.8 Å². The molecule has 5 heterocycles. The van der Waals surface area contributed by atoms with Crippen molar-refractivity contribution in [3.63, 3.8) is 0 Å². The van der Waals surface area contributed by atoms with Crippen molar-refractivity contribution in [1.29, 1.82) is 0 Å². The zero-order valence-corrected chi connectivity index (χ0v) is 24.1. The molecule has 1 amide bonds. The minimum Gasteiger partial charge on any atom is -0.494 e. The second-order valence-electron chi connectivity index (χ2n) is 11.8. The fourth-order valence-corrected chi connectivity index (χ4v) is 7.55. The molecule has 4 aromatic heterocycles. The van der Waals surface area contributed by atoms with Crippen LogP contribution in [-0.2, 0) is 13.6 Å². The molecule has 3 fully saturated rings. The second kappa shape index (κ2) is 9.62. The number of imidazole rings is 1. The Kier molecular flexibility index (Phi) is 5.84. The first kappa shape index (κ1) is 24.9. The van der Waals surface area contributed by atoms with Gasteiger partial charge >= 0.3 is 0 Å². The van der Waals surface area contributed by atoms with Gasteiger partial charge < -0.3 is 18.8 Å². The predicted molar refractivity (Wildman–Crippen MR) is 159 cm³/mol. The van der Waals surface area contributed by atoms with E-state index in [1.54, 1.807) is 18.9 Å². The largest absolute Gasteiger partial charge is 0.494 e. The molecular weight excluding hydrogens is 532 g/mol. The molecule has 1 aliphatic heterocycles. The van der Waals surface area contributed by atoms with Crippen LogP contribution in [0.3, 0.4) is 0 Å². The third-order valence-electron chi connectivity index (χ3n) is 9.03. The van der Waals surface area contributed by atoms with Crippen LogP contribution in [0.5, 0.6) is 5.75 Å². The van der Waals surface area contributed by atoms with E-state index in [0.717, 1.165) is 69.4 Å². The average molecular weight is 565 g/mol. The van der Waals surface area contributed by atoms with Gasteiger partial charge in [-0.15, -0.1) is 0 Å². The summed E-state index contributed by atoms with van der Waals surface area (Å²) < 4.78 is 10.3. The zero-order valence-electron chi connectivity index (χ0n) is 23.3. The molecule has 9 heteroatoms. The number of methoxy groups -OCH3 is 1. The number of fused-ring (bicyclic) bond motifs is 4. The number of piperidine rings is 1. The fraction of sp³-hybridized carbons (Fsp3) is 0.375. The van der Waals surface area contributed by atoms with Crippen LogP contribution in [0.2, 0.25) is 0 Å². The average Bonchev–Trinajstić information content (AvgIpc) is 3.28. The summed E-state index contributed by atoms with van der Waals surface area (Å²) in [5.41, 5.74) is 4.34. The van der Waals surface area contributed by atoms with E-state index in [-0.39, 0.29) is 5.91 Å². The van der Waals surface area contributed by atoms with Crippen LogP contribution in [0.25, 0.3) is 33.6 Å². The van der Waals surface area contributed by atoms with Crippen molar-refractivity contribution in [2.75, 3.05) is 13.7 Å². The highest BCUT2D eigenvalue weighted by molar-refractivity contribution is 7.99. The molecule has 8 nitrogen and oxygen atoms in total. The molecule has 0 radical (unpaired) electrons. The molecular formula is C32H32N6O2S. The normalized spacial score (nSPS) is 20.0. The van der Waals surface area contributed by atoms with Gasteiger partial charge in [-0.05, 0) is 86.4 Å². The third kappa shape index (κ3) is 4.29. The first-order chi connectivity index (χ1) is 20.1. The van der Waals surface area contributed by atoms with Gasteiger partial charge in [0.1, 0.15) is 21.9 Å². The van der Waals surface area contributed by atoms with E-state index in [4.69, 9.17) is 14.7 Å². The van der Waals surface area contributed by atoms with E-state index in [0.29, 0.717) is 29.2 Å². The van der Waals surface area contributed by atoms with Crippen LogP contribution < -0.4 is 4.74 Å². The van der Waals surface area contributed by atoms with Crippen molar-refractivity contribution in [2.45, 2.75) is 54.6 Å². The number of nitrogens with zero attached hydrogens (tertiary/aromatic N) is 6. The van der Waals surface area contributed by atoms with Crippen LogP contribution in [0.15, 0.2) is 64.8 Å². The zero-order chi connectivity index (χ0) is 27.7. The Balaban J connectivity index is 1.22. The summed E-state index contributed by atoms with van der Waals surface area (Å²) in [6.45, 7) is 1.78. The standard InChI is InChI=1S/C32H32N6O2S/c1-36-29-25(14-22(16-27(29)40-2)32(39)37-18-20-5-7-23(37)13-20)34-31(36)26-15-21-6-8-28(41-24-9-11-33-12-10-24)35-30(21)38(26)17-19-3-4-19/h6,8-12,14-16,19-20,23H,3-5,7,13,17-18H2,1-2H3. The van der Waals surface area contributed by atoms with Gasteiger partial charge in [0.25, 0.3) is 5.91 Å². The Bertz CT molecular complexity index is 1810. The summed E-state index contributed by atoms with van der Waals surface area (Å²) in [5.74, 6) is 2.94. The van der Waals surface area contributed by atoms with Gasteiger partial charge in [0.2, 0.25) is 0 Å². The number of rotatable bonds is 7. The Morgan fingerprint density at radius 1 is 1.05 bits per heavy atom. The highest BCUT2D eigenvalue weighted by Gasteiger charge is 2.40. The number of aromatic nitrogens is 5. The number of ether oxygens (including phenoxy) is 1. The molecule has 1 aromatic carbocycles. The van der Waals surface area contributed by atoms with Crippen LogP contribution in [0, 0.1) is 11.8 Å². The molecule has 2 unspecified atom stereocenters. The Morgan fingerprint density at radius 3 is 2.63 bits per heavy atom. The second-order valence-corrected chi connectivity index (χ2v) is 12.9. The highest BCUT2D eigenvalue weighted by atomic mass is 32.2. The number of carbonyl (C=O) groups excluding carboxylic acids is 1. The number of likely N-dealkylation sites (tertiary alicyclic amines) is 1. The number of carbonyl (C=O) groups is 1. The lowest BCUT2D eigenvalue weighted by Crippen LogP contribution is -2.37. The first-order valence-corrected chi connectivity index (χ1v) is 15.3. The van der Waals surface area contributed by atoms with Crippen LogP contribution in [0.4, 0.5) is 0 Å². The quantitative estimate of drug-likeness (QED) is 0.235. The van der Waals surface area contributed by atoms with Crippen molar-refractivity contribution < 1.29 is 9.53 Å². The van der Waals surface area contributed by atoms with E-state index in [2.05, 4.69) is 37.2 Å². The summed E-state index contributed by atoms with van der Waals surface area (Å²) >= 11 is 1.64. The molecule has 2 atom stereocenters. The number of hydrogen-bond donors (Lipinski definition) is 0. The minimum absolute atomic E-state index is 0.0934. The highest BCUT2D eigenvalue weighted by Crippen LogP contribution is 2.40. The molecule has 0 N–H and O–H groups in total. The van der Waals surface area contributed by atoms with Gasteiger partial charge in [-0.1, -0.05) is 11.8 Å². The van der Waals surface area contributed by atoms with Gasteiger partial charge in [0.15, 0.2) is 5.82 Å². The summed E-state index contributed by atoms with van der Waals surface area (Å²) in [4.78, 5) is 31.1. The van der Waals surface area contributed by atoms with Crippen LogP contribution in [-0.4, -0.2) is 54.6 Å². The van der Waals surface area contributed by atoms with Gasteiger partial charge in [-0.3, -0.25) is 9.78 Å². The van der Waals surface area contributed by atoms with Crippen molar-refractivity contribution in [3.05, 3.63) is 60.4 Å². The lowest BCUT2D eigenvalue weighted by atomic mass is 10.1. The van der Waals surface area contributed by atoms with Crippen LogP contribution in [0.1, 0.15) is 42.5 Å². The van der Waals surface area contributed by atoms with E-state index < -0.39 is 0 Å². The lowest BCUT2D eigenvalue weighted by molar-refractivity contribution is 0.0703. The summed E-state index contributed by atoms with van der Waals surface area (Å²) in [5, 5.41) is 2.05. The van der Waals surface area contributed by atoms with Crippen molar-refractivity contribution in [1.82, 2.24) is 29.0 Å². The van der Waals surface area contributed by atoms with Crippen molar-refractivity contribution >= 4 is 39.7 Å². The molecule has 5 aromatic rings. The predicted octanol–water partition coefficient (Wildman–Crippen LogP) is 6.18. The number of hydrogen-bond acceptors (Lipinski definition) is 6. The molecule has 208 valence electrons. The van der Waals surface area contributed by atoms with Gasteiger partial charge in [-0.25, -0.2) is 9.97 Å². The summed E-state index contributed by atoms with van der Waals surface area (Å²) in [6, 6.07) is 14.7. The van der Waals surface area contributed by atoms with E-state index >= 15 is 0 Å². The molecule has 1 saturated heterocycles. The molecule has 3 aliphatic rings. The van der Waals surface area contributed by atoms with E-state index in [9.17, 15) is 4.79 Å². The topological polar surface area (TPSA) is 78.1 Å². The van der Waals surface area contributed by atoms with Crippen molar-refractivity contribution in [2.24, 2.45) is 18.9 Å². The molecule has 2 bridgehead atoms. The maximum absolute atomic E-state index is 13.6. The number of aryl methyl sites for hydroxylation is 1. The van der Waals surface area contributed by atoms with Gasteiger partial charge in [0.05, 0.1) is 18.3 Å². The van der Waals surface area contributed by atoms with Gasteiger partial charge in [-0.2, -0.15) is 0 Å². The molecule has 2 saturated carbocycles. The minimum atomic E-state index is 0.0934. The smallest absolute Gasteiger partial charge is 0.254 e. The first-order valence-electron chi connectivity index (χ1n) is 14.5. The maximum atomic E-state index is 13.6. The number of amides is 1. The third-order valence-corrected chi connectivity index (χ3v) is 9.97. The SMILES string of the molecule is COc1cc(C(=O)N2CC3CCC2C3)cc2nc(-c3cc4ccc(Sc5ccncc5)nc4n3CC3CC3)n(C)c12. The molecule has 0 spiro atoms. The van der Waals surface area contributed by atoms with E-state index in [1.807, 2.05) is 43.7 Å². The number of pyridine rings is 2. The molecule has 8 rings (SSSR count). The Morgan fingerprint density at radius 2 is 1.90 bits per heavy atom.